The molecule has 0 saturated heterocycles. The summed E-state index contributed by atoms with van der Waals surface area (Å²) in [7, 11) is 0. The van der Waals surface area contributed by atoms with Crippen LogP contribution >= 0.6 is 11.3 Å². The molecule has 0 spiro atoms. The summed E-state index contributed by atoms with van der Waals surface area (Å²) in [6, 6.07) is 3.58. The van der Waals surface area contributed by atoms with Crippen molar-refractivity contribution in [1.82, 2.24) is 0 Å². The second kappa shape index (κ2) is 7.40. The van der Waals surface area contributed by atoms with E-state index in [4.69, 9.17) is 9.47 Å². The molecule has 1 aromatic heterocycles. The Morgan fingerprint density at radius 3 is 2.92 bits per heavy atom. The van der Waals surface area contributed by atoms with E-state index in [2.05, 4.69) is 12.7 Å². The molecule has 132 valence electrons. The van der Waals surface area contributed by atoms with Gasteiger partial charge in [0, 0.05) is 11.5 Å². The van der Waals surface area contributed by atoms with Gasteiger partial charge in [-0.25, -0.2) is 9.59 Å². The highest BCUT2D eigenvalue weighted by molar-refractivity contribution is 7.11. The predicted molar refractivity (Wildman–Crippen MR) is 97.4 cm³/mol. The van der Waals surface area contributed by atoms with Gasteiger partial charge in [0.1, 0.15) is 17.1 Å². The lowest BCUT2D eigenvalue weighted by Crippen LogP contribution is -2.22. The van der Waals surface area contributed by atoms with E-state index >= 15 is 0 Å². The molecule has 1 aromatic rings. The second-order valence-corrected chi connectivity index (χ2v) is 7.56. The summed E-state index contributed by atoms with van der Waals surface area (Å²) in [6.07, 6.45) is 5.22. The summed E-state index contributed by atoms with van der Waals surface area (Å²) in [5.41, 5.74) is 2.65. The minimum atomic E-state index is -0.341. The Kier molecular flexibility index (Phi) is 5.23. The molecular formula is C20H22O4S. The van der Waals surface area contributed by atoms with Crippen molar-refractivity contribution in [3.8, 4) is 0 Å². The van der Waals surface area contributed by atoms with E-state index in [1.807, 2.05) is 31.4 Å². The van der Waals surface area contributed by atoms with Crippen molar-refractivity contribution in [1.29, 1.82) is 0 Å². The van der Waals surface area contributed by atoms with Gasteiger partial charge in [0.25, 0.3) is 0 Å². The molecule has 0 radical (unpaired) electrons. The summed E-state index contributed by atoms with van der Waals surface area (Å²) in [6.45, 7) is 7.97. The van der Waals surface area contributed by atoms with Gasteiger partial charge < -0.3 is 9.47 Å². The first-order valence-corrected chi connectivity index (χ1v) is 9.32. The Morgan fingerprint density at radius 2 is 2.24 bits per heavy atom. The third-order valence-corrected chi connectivity index (χ3v) is 5.60. The third kappa shape index (κ3) is 3.93. The molecule has 1 aliphatic heterocycles. The van der Waals surface area contributed by atoms with Crippen molar-refractivity contribution in [2.45, 2.75) is 45.3 Å². The molecule has 0 unspecified atom stereocenters. The van der Waals surface area contributed by atoms with Gasteiger partial charge in [-0.2, -0.15) is 0 Å². The van der Waals surface area contributed by atoms with E-state index in [1.165, 1.54) is 11.3 Å². The molecule has 0 N–H and O–H groups in total. The lowest BCUT2D eigenvalue weighted by Gasteiger charge is -2.23. The Morgan fingerprint density at radius 1 is 1.44 bits per heavy atom. The third-order valence-electron chi connectivity index (χ3n) is 4.75. The van der Waals surface area contributed by atoms with Gasteiger partial charge in [-0.05, 0) is 56.2 Å². The zero-order valence-electron chi connectivity index (χ0n) is 14.5. The molecule has 3 rings (SSSR count). The zero-order valence-corrected chi connectivity index (χ0v) is 15.3. The van der Waals surface area contributed by atoms with E-state index in [9.17, 15) is 9.59 Å². The van der Waals surface area contributed by atoms with Crippen LogP contribution < -0.4 is 0 Å². The number of rotatable bonds is 3. The van der Waals surface area contributed by atoms with Crippen molar-refractivity contribution >= 4 is 23.3 Å². The summed E-state index contributed by atoms with van der Waals surface area (Å²) < 4.78 is 11.2. The van der Waals surface area contributed by atoms with Crippen LogP contribution in [0.5, 0.6) is 0 Å². The highest BCUT2D eigenvalue weighted by Crippen LogP contribution is 2.32. The van der Waals surface area contributed by atoms with Crippen molar-refractivity contribution in [3.63, 3.8) is 0 Å². The Hall–Kier alpha value is -2.14. The van der Waals surface area contributed by atoms with Crippen LogP contribution in [0, 0.1) is 5.92 Å². The predicted octanol–water partition coefficient (Wildman–Crippen LogP) is 4.45. The molecule has 4 nitrogen and oxygen atoms in total. The quantitative estimate of drug-likeness (QED) is 0.592. The molecule has 0 fully saturated rings. The maximum Gasteiger partial charge on any atom is 0.348 e. The maximum absolute atomic E-state index is 12.3. The molecule has 25 heavy (non-hydrogen) atoms. The summed E-state index contributed by atoms with van der Waals surface area (Å²) in [4.78, 5) is 25.0. The zero-order chi connectivity index (χ0) is 18.0. The van der Waals surface area contributed by atoms with Crippen LogP contribution in [0.25, 0.3) is 0 Å². The first-order valence-electron chi connectivity index (χ1n) is 8.44. The largest absolute Gasteiger partial charge is 0.454 e. The maximum atomic E-state index is 12.3. The van der Waals surface area contributed by atoms with E-state index in [1.54, 1.807) is 6.07 Å². The smallest absolute Gasteiger partial charge is 0.348 e. The van der Waals surface area contributed by atoms with Crippen LogP contribution in [0.15, 0.2) is 53.0 Å². The molecule has 2 bridgehead atoms. The number of fused-ring (bicyclic) bond motifs is 1. The van der Waals surface area contributed by atoms with Crippen LogP contribution in [0.3, 0.4) is 0 Å². The van der Waals surface area contributed by atoms with Gasteiger partial charge in [-0.3, -0.25) is 0 Å². The average molecular weight is 358 g/mol. The molecule has 3 atom stereocenters. The summed E-state index contributed by atoms with van der Waals surface area (Å²) in [5, 5.41) is 1.85. The van der Waals surface area contributed by atoms with Crippen LogP contribution in [-0.2, 0) is 14.3 Å². The number of hydrogen-bond donors (Lipinski definition) is 0. The van der Waals surface area contributed by atoms with Gasteiger partial charge in [-0.15, -0.1) is 11.3 Å². The lowest BCUT2D eigenvalue weighted by atomic mass is 9.88. The van der Waals surface area contributed by atoms with E-state index < -0.39 is 0 Å². The fourth-order valence-corrected chi connectivity index (χ4v) is 3.80. The van der Waals surface area contributed by atoms with Crippen LogP contribution in [0.2, 0.25) is 0 Å². The highest BCUT2D eigenvalue weighted by Gasteiger charge is 2.33. The monoisotopic (exact) mass is 358 g/mol. The van der Waals surface area contributed by atoms with Gasteiger partial charge in [-0.1, -0.05) is 24.3 Å². The van der Waals surface area contributed by atoms with Crippen molar-refractivity contribution in [2.24, 2.45) is 5.92 Å². The highest BCUT2D eigenvalue weighted by atomic mass is 32.1. The van der Waals surface area contributed by atoms with Crippen molar-refractivity contribution < 1.29 is 19.1 Å². The van der Waals surface area contributed by atoms with E-state index in [0.717, 1.165) is 11.1 Å². The van der Waals surface area contributed by atoms with Gasteiger partial charge in [0.2, 0.25) is 0 Å². The fraction of sp³-hybridized carbons (Fsp3) is 0.400. The molecule has 5 heteroatoms. The fourth-order valence-electron chi connectivity index (χ4n) is 3.19. The number of ether oxygens (including phenoxy) is 2. The van der Waals surface area contributed by atoms with Crippen LogP contribution in [0.1, 0.15) is 42.8 Å². The molecule has 0 amide bonds. The first-order chi connectivity index (χ1) is 12.0. The molecule has 2 aliphatic rings. The SMILES string of the molecule is C=C(C)[C@@H]1C/C=C(\C)[C@H](OC(=O)c2cccs2)CCC2=C[C@@H]1OC2=O. The van der Waals surface area contributed by atoms with Gasteiger partial charge in [0.15, 0.2) is 0 Å². The minimum absolute atomic E-state index is 0.0446. The van der Waals surface area contributed by atoms with Crippen molar-refractivity contribution in [3.05, 3.63) is 57.8 Å². The molecule has 2 heterocycles. The number of hydrogen-bond acceptors (Lipinski definition) is 5. The molecular weight excluding hydrogens is 336 g/mol. The van der Waals surface area contributed by atoms with Crippen LogP contribution in [0.4, 0.5) is 0 Å². The number of thiophene rings is 1. The topological polar surface area (TPSA) is 52.6 Å². The number of carbonyl (C=O) groups excluding carboxylic acids is 2. The molecule has 0 saturated carbocycles. The molecule has 1 aliphatic carbocycles. The lowest BCUT2D eigenvalue weighted by molar-refractivity contribution is -0.141. The second-order valence-electron chi connectivity index (χ2n) is 6.61. The van der Waals surface area contributed by atoms with Gasteiger partial charge >= 0.3 is 11.9 Å². The normalized spacial score (nSPS) is 28.4. The number of allylic oxidation sites excluding steroid dienone is 1. The van der Waals surface area contributed by atoms with E-state index in [0.29, 0.717) is 29.7 Å². The Balaban J connectivity index is 1.81. The van der Waals surface area contributed by atoms with Gasteiger partial charge in [0.05, 0.1) is 0 Å². The summed E-state index contributed by atoms with van der Waals surface area (Å²) >= 11 is 1.36. The van der Waals surface area contributed by atoms with Crippen molar-refractivity contribution in [2.75, 3.05) is 0 Å². The standard InChI is InChI=1S/C20H22O4S/c1-12(2)15-8-6-13(3)16(23-20(22)18-5-4-10-25-18)9-7-14-11-17(15)24-19(14)21/h4-6,10-11,15-17H,1,7-9H2,2-3H3/b13-6+/t15-,16+,17-/m0/s1. The Labute approximate surface area is 151 Å². The Bertz CT molecular complexity index is 742. The summed E-state index contributed by atoms with van der Waals surface area (Å²) in [5.74, 6) is -0.538. The first kappa shape index (κ1) is 17.7. The minimum Gasteiger partial charge on any atom is -0.454 e. The van der Waals surface area contributed by atoms with Crippen LogP contribution in [-0.4, -0.2) is 24.1 Å². The molecule has 0 aromatic carbocycles. The van der Waals surface area contributed by atoms with E-state index in [-0.39, 0.29) is 30.1 Å². The average Bonchev–Trinajstić information content (AvgIpc) is 3.20. The number of carbonyl (C=O) groups is 2. The number of esters is 2.